The molecule has 1 N–H and O–H groups in total. The standard InChI is InChI=1S/C10H21NOS/c1-4-6-7-8-9(3)12-10(13)11-5-2/h9H,4-8H2,1-3H3,(H,11,13). The summed E-state index contributed by atoms with van der Waals surface area (Å²) in [6.45, 7) is 7.12. The highest BCUT2D eigenvalue weighted by Crippen LogP contribution is 2.06. The summed E-state index contributed by atoms with van der Waals surface area (Å²) < 4.78 is 5.46. The summed E-state index contributed by atoms with van der Waals surface area (Å²) in [6, 6.07) is 0. The summed E-state index contributed by atoms with van der Waals surface area (Å²) in [7, 11) is 0. The Morgan fingerprint density at radius 1 is 1.38 bits per heavy atom. The van der Waals surface area contributed by atoms with Gasteiger partial charge in [0, 0.05) is 6.54 Å². The van der Waals surface area contributed by atoms with E-state index in [0.717, 1.165) is 13.0 Å². The summed E-state index contributed by atoms with van der Waals surface area (Å²) in [5.41, 5.74) is 0. The first kappa shape index (κ1) is 12.7. The van der Waals surface area contributed by atoms with Gasteiger partial charge in [-0.1, -0.05) is 19.8 Å². The predicted molar refractivity (Wildman–Crippen MR) is 61.0 cm³/mol. The molecule has 0 saturated heterocycles. The highest BCUT2D eigenvalue weighted by molar-refractivity contribution is 7.80. The van der Waals surface area contributed by atoms with Gasteiger partial charge >= 0.3 is 0 Å². The van der Waals surface area contributed by atoms with Crippen molar-refractivity contribution < 1.29 is 4.74 Å². The molecular formula is C10H21NOS. The first-order chi connectivity index (χ1) is 6.20. The van der Waals surface area contributed by atoms with Crippen LogP contribution in [0.5, 0.6) is 0 Å². The molecule has 3 heteroatoms. The Bertz CT molecular complexity index is 139. The van der Waals surface area contributed by atoms with Crippen molar-refractivity contribution in [2.45, 2.75) is 52.6 Å². The average Bonchev–Trinajstić information content (AvgIpc) is 2.05. The van der Waals surface area contributed by atoms with Crippen molar-refractivity contribution >= 4 is 17.4 Å². The van der Waals surface area contributed by atoms with Gasteiger partial charge in [-0.25, -0.2) is 0 Å². The van der Waals surface area contributed by atoms with E-state index < -0.39 is 0 Å². The van der Waals surface area contributed by atoms with E-state index >= 15 is 0 Å². The lowest BCUT2D eigenvalue weighted by atomic mass is 10.1. The molecule has 0 aliphatic heterocycles. The Kier molecular flexibility index (Phi) is 8.10. The summed E-state index contributed by atoms with van der Waals surface area (Å²) in [5, 5.41) is 3.51. The largest absolute Gasteiger partial charge is 0.468 e. The van der Waals surface area contributed by atoms with Crippen LogP contribution in [0, 0.1) is 0 Å². The normalized spacial score (nSPS) is 12.2. The van der Waals surface area contributed by atoms with E-state index in [-0.39, 0.29) is 6.10 Å². The fraction of sp³-hybridized carbons (Fsp3) is 0.900. The molecule has 0 amide bonds. The first-order valence-electron chi connectivity index (χ1n) is 5.15. The maximum absolute atomic E-state index is 5.46. The van der Waals surface area contributed by atoms with E-state index in [2.05, 4.69) is 19.2 Å². The van der Waals surface area contributed by atoms with E-state index in [9.17, 15) is 0 Å². The summed E-state index contributed by atoms with van der Waals surface area (Å²) in [5.74, 6) is 0. The minimum absolute atomic E-state index is 0.248. The van der Waals surface area contributed by atoms with Crippen molar-refractivity contribution in [1.82, 2.24) is 5.32 Å². The second kappa shape index (κ2) is 8.30. The third-order valence-electron chi connectivity index (χ3n) is 1.84. The smallest absolute Gasteiger partial charge is 0.256 e. The lowest BCUT2D eigenvalue weighted by Crippen LogP contribution is -2.27. The molecule has 0 aromatic rings. The second-order valence-electron chi connectivity index (χ2n) is 3.24. The number of ether oxygens (including phenoxy) is 1. The Balaban J connectivity index is 3.38. The molecule has 0 aliphatic carbocycles. The molecule has 0 aromatic heterocycles. The molecule has 0 heterocycles. The SMILES string of the molecule is CCCCCC(C)OC(=S)NCC. The highest BCUT2D eigenvalue weighted by Gasteiger charge is 2.04. The molecule has 1 unspecified atom stereocenters. The zero-order valence-electron chi connectivity index (χ0n) is 8.93. The third-order valence-corrected chi connectivity index (χ3v) is 2.08. The molecule has 0 saturated carbocycles. The number of rotatable bonds is 6. The van der Waals surface area contributed by atoms with Crippen molar-refractivity contribution in [1.29, 1.82) is 0 Å². The van der Waals surface area contributed by atoms with Crippen molar-refractivity contribution in [3.05, 3.63) is 0 Å². The second-order valence-corrected chi connectivity index (χ2v) is 3.61. The monoisotopic (exact) mass is 203 g/mol. The maximum atomic E-state index is 5.46. The van der Waals surface area contributed by atoms with Crippen molar-refractivity contribution in [3.8, 4) is 0 Å². The third kappa shape index (κ3) is 8.03. The van der Waals surface area contributed by atoms with Gasteiger partial charge in [-0.15, -0.1) is 0 Å². The van der Waals surface area contributed by atoms with E-state index in [4.69, 9.17) is 17.0 Å². The quantitative estimate of drug-likeness (QED) is 0.530. The molecule has 78 valence electrons. The van der Waals surface area contributed by atoms with Crippen LogP contribution in [0.3, 0.4) is 0 Å². The molecule has 0 aliphatic rings. The van der Waals surface area contributed by atoms with Crippen LogP contribution in [0.2, 0.25) is 0 Å². The molecule has 13 heavy (non-hydrogen) atoms. The lowest BCUT2D eigenvalue weighted by molar-refractivity contribution is 0.190. The Morgan fingerprint density at radius 3 is 2.62 bits per heavy atom. The number of hydrogen-bond acceptors (Lipinski definition) is 2. The van der Waals surface area contributed by atoms with Gasteiger partial charge in [0.05, 0.1) is 6.10 Å². The van der Waals surface area contributed by atoms with E-state index in [0.29, 0.717) is 5.17 Å². The van der Waals surface area contributed by atoms with Gasteiger partial charge in [0.15, 0.2) is 0 Å². The van der Waals surface area contributed by atoms with Crippen molar-refractivity contribution in [2.24, 2.45) is 0 Å². The Hall–Kier alpha value is -0.310. The van der Waals surface area contributed by atoms with Gasteiger partial charge in [0.1, 0.15) is 0 Å². The predicted octanol–water partition coefficient (Wildman–Crippen LogP) is 2.87. The van der Waals surface area contributed by atoms with Crippen LogP contribution in [0.4, 0.5) is 0 Å². The molecule has 0 bridgehead atoms. The fourth-order valence-corrected chi connectivity index (χ4v) is 1.42. The van der Waals surface area contributed by atoms with Gasteiger partial charge in [0.25, 0.3) is 5.17 Å². The van der Waals surface area contributed by atoms with Gasteiger partial charge in [-0.3, -0.25) is 0 Å². The van der Waals surface area contributed by atoms with Crippen molar-refractivity contribution in [3.63, 3.8) is 0 Å². The number of nitrogens with one attached hydrogen (secondary N) is 1. The van der Waals surface area contributed by atoms with Crippen LogP contribution in [0.25, 0.3) is 0 Å². The van der Waals surface area contributed by atoms with Crippen molar-refractivity contribution in [2.75, 3.05) is 6.54 Å². The van der Waals surface area contributed by atoms with Crippen LogP contribution >= 0.6 is 12.2 Å². The lowest BCUT2D eigenvalue weighted by Gasteiger charge is -2.15. The van der Waals surface area contributed by atoms with Gasteiger partial charge in [0.2, 0.25) is 0 Å². The molecule has 1 atom stereocenters. The summed E-state index contributed by atoms with van der Waals surface area (Å²) in [4.78, 5) is 0. The molecule has 0 radical (unpaired) electrons. The topological polar surface area (TPSA) is 21.3 Å². The van der Waals surface area contributed by atoms with Crippen LogP contribution < -0.4 is 5.32 Å². The van der Waals surface area contributed by atoms with E-state index in [1.54, 1.807) is 0 Å². The Morgan fingerprint density at radius 2 is 2.08 bits per heavy atom. The number of hydrogen-bond donors (Lipinski definition) is 1. The van der Waals surface area contributed by atoms with Gasteiger partial charge in [-0.05, 0) is 38.9 Å². The zero-order valence-corrected chi connectivity index (χ0v) is 9.75. The summed E-state index contributed by atoms with van der Waals surface area (Å²) in [6.07, 6.45) is 5.11. The van der Waals surface area contributed by atoms with Gasteiger partial charge in [-0.2, -0.15) is 0 Å². The highest BCUT2D eigenvalue weighted by atomic mass is 32.1. The zero-order chi connectivity index (χ0) is 10.1. The molecule has 0 fully saturated rings. The molecule has 0 rings (SSSR count). The molecule has 0 aromatic carbocycles. The molecular weight excluding hydrogens is 182 g/mol. The van der Waals surface area contributed by atoms with E-state index in [1.807, 2.05) is 6.92 Å². The summed E-state index contributed by atoms with van der Waals surface area (Å²) >= 11 is 4.97. The minimum atomic E-state index is 0.248. The fourth-order valence-electron chi connectivity index (χ4n) is 1.11. The van der Waals surface area contributed by atoms with Crippen LogP contribution in [0.15, 0.2) is 0 Å². The number of unbranched alkanes of at least 4 members (excludes halogenated alkanes) is 2. The van der Waals surface area contributed by atoms with Crippen LogP contribution in [-0.4, -0.2) is 17.8 Å². The maximum Gasteiger partial charge on any atom is 0.256 e. The average molecular weight is 203 g/mol. The molecule has 2 nitrogen and oxygen atoms in total. The van der Waals surface area contributed by atoms with Crippen LogP contribution in [0.1, 0.15) is 46.5 Å². The van der Waals surface area contributed by atoms with E-state index in [1.165, 1.54) is 19.3 Å². The van der Waals surface area contributed by atoms with Crippen LogP contribution in [-0.2, 0) is 4.74 Å². The molecule has 0 spiro atoms. The van der Waals surface area contributed by atoms with Gasteiger partial charge < -0.3 is 10.1 Å². The minimum Gasteiger partial charge on any atom is -0.468 e. The Labute approximate surface area is 87.0 Å². The number of thiocarbonyl (C=S) groups is 1. The first-order valence-corrected chi connectivity index (χ1v) is 5.56.